The molecular formula is C17H20N2O5. The van der Waals surface area contributed by atoms with Gasteiger partial charge < -0.3 is 20.9 Å². The summed E-state index contributed by atoms with van der Waals surface area (Å²) in [5, 5.41) is 11.7. The van der Waals surface area contributed by atoms with Gasteiger partial charge in [-0.25, -0.2) is 0 Å². The van der Waals surface area contributed by atoms with Gasteiger partial charge in [0.25, 0.3) is 5.91 Å². The van der Waals surface area contributed by atoms with Crippen molar-refractivity contribution in [3.8, 4) is 0 Å². The fourth-order valence-corrected chi connectivity index (χ4v) is 3.73. The van der Waals surface area contributed by atoms with Crippen LogP contribution in [0, 0.1) is 30.6 Å². The van der Waals surface area contributed by atoms with Gasteiger partial charge in [-0.2, -0.15) is 0 Å². The first-order valence-electron chi connectivity index (χ1n) is 7.94. The first-order chi connectivity index (χ1) is 11.4. The summed E-state index contributed by atoms with van der Waals surface area (Å²) in [6.07, 6.45) is 1.36. The number of carbonyl (C=O) groups excluding carboxylic acids is 2. The lowest BCUT2D eigenvalue weighted by Gasteiger charge is -2.13. The first kappa shape index (κ1) is 16.3. The zero-order chi connectivity index (χ0) is 17.4. The lowest BCUT2D eigenvalue weighted by atomic mass is 10.0. The maximum Gasteiger partial charge on any atom is 0.309 e. The van der Waals surface area contributed by atoms with E-state index >= 15 is 0 Å². The van der Waals surface area contributed by atoms with E-state index in [1.807, 2.05) is 13.0 Å². The highest BCUT2D eigenvalue weighted by Gasteiger charge is 2.63. The average molecular weight is 332 g/mol. The molecule has 1 amide bonds. The molecule has 2 saturated carbocycles. The van der Waals surface area contributed by atoms with Gasteiger partial charge in [0.15, 0.2) is 6.61 Å². The number of benzene rings is 1. The van der Waals surface area contributed by atoms with Crippen LogP contribution in [0.15, 0.2) is 18.2 Å². The molecule has 3 rings (SSSR count). The van der Waals surface area contributed by atoms with Crippen LogP contribution >= 0.6 is 0 Å². The number of hydrogen-bond acceptors (Lipinski definition) is 5. The summed E-state index contributed by atoms with van der Waals surface area (Å²) >= 11 is 0. The predicted molar refractivity (Wildman–Crippen MR) is 86.0 cm³/mol. The van der Waals surface area contributed by atoms with E-state index < -0.39 is 36.3 Å². The highest BCUT2D eigenvalue weighted by atomic mass is 16.5. The molecule has 4 atom stereocenters. The molecule has 0 spiro atoms. The average Bonchev–Trinajstić information content (AvgIpc) is 3.09. The van der Waals surface area contributed by atoms with Gasteiger partial charge in [0, 0.05) is 0 Å². The number of ether oxygens (including phenoxy) is 1. The van der Waals surface area contributed by atoms with Crippen LogP contribution < -0.4 is 11.1 Å². The van der Waals surface area contributed by atoms with Crippen molar-refractivity contribution in [2.75, 3.05) is 17.7 Å². The number of aryl methyl sites for hydroxylation is 1. The number of nitrogens with two attached hydrogens (primary N) is 1. The SMILES string of the molecule is Cc1ccc(NC(=O)COC(=O)C2CCC3C(C(=O)O)C23)c(N)c1. The van der Waals surface area contributed by atoms with E-state index in [2.05, 4.69) is 5.32 Å². The summed E-state index contributed by atoms with van der Waals surface area (Å²) in [6, 6.07) is 5.24. The standard InChI is InChI=1S/C17H20N2O5/c1-8-2-5-12(11(18)6-8)19-13(20)7-24-17(23)10-4-3-9-14(10)15(9)16(21)22/h2,5-6,9-10,14-15H,3-4,7,18H2,1H3,(H,19,20)(H,21,22). The first-order valence-corrected chi connectivity index (χ1v) is 7.94. The van der Waals surface area contributed by atoms with Crippen molar-refractivity contribution in [1.29, 1.82) is 0 Å². The van der Waals surface area contributed by atoms with Crippen molar-refractivity contribution in [3.63, 3.8) is 0 Å². The van der Waals surface area contributed by atoms with E-state index in [1.165, 1.54) is 0 Å². The Labute approximate surface area is 139 Å². The minimum Gasteiger partial charge on any atom is -0.481 e. The molecule has 4 N–H and O–H groups in total. The fraction of sp³-hybridized carbons (Fsp3) is 0.471. The molecule has 0 aliphatic heterocycles. The lowest BCUT2D eigenvalue weighted by Crippen LogP contribution is -2.26. The van der Waals surface area contributed by atoms with E-state index in [-0.39, 0.29) is 11.8 Å². The third-order valence-corrected chi connectivity index (χ3v) is 4.92. The van der Waals surface area contributed by atoms with Gasteiger partial charge in [-0.3, -0.25) is 14.4 Å². The maximum absolute atomic E-state index is 12.1. The molecule has 0 bridgehead atoms. The zero-order valence-electron chi connectivity index (χ0n) is 13.3. The zero-order valence-corrected chi connectivity index (χ0v) is 13.3. The van der Waals surface area contributed by atoms with Gasteiger partial charge in [-0.15, -0.1) is 0 Å². The van der Waals surface area contributed by atoms with Crippen molar-refractivity contribution in [2.24, 2.45) is 23.7 Å². The van der Waals surface area contributed by atoms with Gasteiger partial charge in [-0.1, -0.05) is 6.07 Å². The van der Waals surface area contributed by atoms with Crippen LogP contribution in [0.3, 0.4) is 0 Å². The smallest absolute Gasteiger partial charge is 0.309 e. The summed E-state index contributed by atoms with van der Waals surface area (Å²) in [5.41, 5.74) is 7.70. The van der Waals surface area contributed by atoms with Crippen LogP contribution in [0.1, 0.15) is 18.4 Å². The number of carboxylic acids is 1. The summed E-state index contributed by atoms with van der Waals surface area (Å²) in [6.45, 7) is 1.48. The molecule has 0 radical (unpaired) electrons. The van der Waals surface area contributed by atoms with Gasteiger partial charge in [0.2, 0.25) is 0 Å². The monoisotopic (exact) mass is 332 g/mol. The number of nitrogen functional groups attached to an aromatic ring is 1. The van der Waals surface area contributed by atoms with Gasteiger partial charge in [0.05, 0.1) is 23.2 Å². The Bertz CT molecular complexity index is 702. The number of aliphatic carboxylic acids is 1. The number of rotatable bonds is 5. The second kappa shape index (κ2) is 6.14. The van der Waals surface area contributed by atoms with E-state index in [9.17, 15) is 14.4 Å². The predicted octanol–water partition coefficient (Wildman–Crippen LogP) is 1.42. The number of fused-ring (bicyclic) bond motifs is 1. The largest absolute Gasteiger partial charge is 0.481 e. The molecular weight excluding hydrogens is 312 g/mol. The van der Waals surface area contributed by atoms with Crippen molar-refractivity contribution in [1.82, 2.24) is 0 Å². The quantitative estimate of drug-likeness (QED) is 0.554. The molecule has 1 aromatic rings. The van der Waals surface area contributed by atoms with Crippen LogP contribution in [0.25, 0.3) is 0 Å². The molecule has 128 valence electrons. The van der Waals surface area contributed by atoms with E-state index in [0.29, 0.717) is 17.8 Å². The molecule has 1 aromatic carbocycles. The summed E-state index contributed by atoms with van der Waals surface area (Å²) in [4.78, 5) is 35.0. The van der Waals surface area contributed by atoms with Gasteiger partial charge >= 0.3 is 11.9 Å². The van der Waals surface area contributed by atoms with Crippen molar-refractivity contribution < 1.29 is 24.2 Å². The van der Waals surface area contributed by atoms with Gasteiger partial charge in [-0.05, 0) is 49.3 Å². The van der Waals surface area contributed by atoms with Gasteiger partial charge in [0.1, 0.15) is 0 Å². The molecule has 0 saturated heterocycles. The number of hydrogen-bond donors (Lipinski definition) is 3. The van der Waals surface area contributed by atoms with Crippen LogP contribution in [-0.2, 0) is 19.1 Å². The second-order valence-electron chi connectivity index (χ2n) is 6.54. The van der Waals surface area contributed by atoms with Crippen LogP contribution in [0.5, 0.6) is 0 Å². The van der Waals surface area contributed by atoms with Crippen LogP contribution in [-0.4, -0.2) is 29.6 Å². The molecule has 4 unspecified atom stereocenters. The maximum atomic E-state index is 12.1. The van der Waals surface area contributed by atoms with E-state index in [0.717, 1.165) is 12.0 Å². The third kappa shape index (κ3) is 3.06. The Kier molecular flexibility index (Phi) is 4.17. The van der Waals surface area contributed by atoms with Crippen molar-refractivity contribution >= 4 is 29.2 Å². The number of carboxylic acid groups (broad SMARTS) is 1. The molecule has 7 nitrogen and oxygen atoms in total. The molecule has 0 aromatic heterocycles. The van der Waals surface area contributed by atoms with Crippen molar-refractivity contribution in [3.05, 3.63) is 23.8 Å². The Morgan fingerprint density at radius 3 is 2.71 bits per heavy atom. The Hall–Kier alpha value is -2.57. The van der Waals surface area contributed by atoms with Crippen LogP contribution in [0.2, 0.25) is 0 Å². The van der Waals surface area contributed by atoms with Crippen molar-refractivity contribution in [2.45, 2.75) is 19.8 Å². The second-order valence-corrected chi connectivity index (χ2v) is 6.54. The highest BCUT2D eigenvalue weighted by molar-refractivity contribution is 5.95. The third-order valence-electron chi connectivity index (χ3n) is 4.92. The number of anilines is 2. The summed E-state index contributed by atoms with van der Waals surface area (Å²) in [5.74, 6) is -2.70. The normalized spacial score (nSPS) is 27.2. The van der Waals surface area contributed by atoms with E-state index in [1.54, 1.807) is 12.1 Å². The molecule has 0 heterocycles. The minimum absolute atomic E-state index is 0.0845. The molecule has 7 heteroatoms. The Morgan fingerprint density at radius 1 is 1.33 bits per heavy atom. The molecule has 2 fully saturated rings. The fourth-order valence-electron chi connectivity index (χ4n) is 3.73. The Balaban J connectivity index is 1.50. The minimum atomic E-state index is -0.852. The number of esters is 1. The molecule has 2 aliphatic rings. The number of amides is 1. The molecule has 2 aliphatic carbocycles. The number of carbonyl (C=O) groups is 3. The molecule has 24 heavy (non-hydrogen) atoms. The highest BCUT2D eigenvalue weighted by Crippen LogP contribution is 2.60. The van der Waals surface area contributed by atoms with Crippen LogP contribution in [0.4, 0.5) is 11.4 Å². The lowest BCUT2D eigenvalue weighted by molar-refractivity contribution is -0.152. The Morgan fingerprint density at radius 2 is 2.08 bits per heavy atom. The number of nitrogens with one attached hydrogen (secondary N) is 1. The summed E-state index contributed by atoms with van der Waals surface area (Å²) < 4.78 is 5.06. The van der Waals surface area contributed by atoms with E-state index in [4.69, 9.17) is 15.6 Å². The summed E-state index contributed by atoms with van der Waals surface area (Å²) in [7, 11) is 0. The topological polar surface area (TPSA) is 119 Å².